The van der Waals surface area contributed by atoms with Gasteiger partial charge in [0.05, 0.1) is 6.42 Å². The van der Waals surface area contributed by atoms with E-state index in [1.807, 2.05) is 44.2 Å². The summed E-state index contributed by atoms with van der Waals surface area (Å²) in [6.45, 7) is 4.61. The van der Waals surface area contributed by atoms with Crippen molar-refractivity contribution in [2.24, 2.45) is 28.9 Å². The number of primary amides is 1. The molecule has 1 aromatic carbocycles. The average molecular weight is 544 g/mol. The Bertz CT molecular complexity index is 864. The van der Waals surface area contributed by atoms with Crippen LogP contribution in [0.25, 0.3) is 0 Å². The first-order valence-electron chi connectivity index (χ1n) is 11.9. The van der Waals surface area contributed by atoms with E-state index < -0.39 is 47.9 Å². The molecular weight excluding hydrogens is 502 g/mol. The maximum atomic E-state index is 10.4. The summed E-state index contributed by atoms with van der Waals surface area (Å²) in [6, 6.07) is 6.41. The number of nitrogens with one attached hydrogen (secondary N) is 1. The molecule has 1 heterocycles. The van der Waals surface area contributed by atoms with Crippen molar-refractivity contribution in [3.8, 4) is 0 Å². The van der Waals surface area contributed by atoms with Crippen molar-refractivity contribution in [2.45, 2.75) is 70.1 Å². The van der Waals surface area contributed by atoms with Gasteiger partial charge < -0.3 is 48.7 Å². The molecule has 14 nitrogen and oxygen atoms in total. The Morgan fingerprint density at radius 1 is 0.921 bits per heavy atom. The van der Waals surface area contributed by atoms with Gasteiger partial charge in [-0.25, -0.2) is 0 Å². The molecule has 1 aliphatic rings. The third-order valence-corrected chi connectivity index (χ3v) is 5.25. The highest BCUT2D eigenvalue weighted by Crippen LogP contribution is 2.04. The van der Waals surface area contributed by atoms with Crippen LogP contribution in [0.2, 0.25) is 0 Å². The molecule has 0 spiro atoms. The number of nitrogens with two attached hydrogens (primary N) is 4. The fourth-order valence-corrected chi connectivity index (χ4v) is 2.65. The summed E-state index contributed by atoms with van der Waals surface area (Å²) in [7, 11) is 0. The minimum atomic E-state index is -1.21. The highest BCUT2D eigenvalue weighted by Gasteiger charge is 2.20. The standard InChI is InChI=1S/C9H11NO2.C6H13NO2.C5H9NO2.C4H8N2O3/c10-8(9(11)12)6-7-4-2-1-3-5-7;1-3-4(2)5(7)6(8)9;7-5(8)4-2-1-3-6-4;5-2(4(8)9)1-3(6)7/h1-5,8H,6,10H2,(H,11,12);4-5H,3,7H2,1-2H3,(H,8,9);4,6H,1-3H2,(H,7,8);2H,1,5H2,(H2,6,7)(H,8,9)/t;;4-;/m..0./s1. The van der Waals surface area contributed by atoms with Gasteiger partial charge in [-0.15, -0.1) is 0 Å². The summed E-state index contributed by atoms with van der Waals surface area (Å²) in [5.41, 5.74) is 21.1. The molecule has 0 saturated carbocycles. The van der Waals surface area contributed by atoms with Gasteiger partial charge >= 0.3 is 23.9 Å². The number of carboxylic acids is 4. The molecule has 1 fully saturated rings. The van der Waals surface area contributed by atoms with Crippen molar-refractivity contribution in [3.05, 3.63) is 35.9 Å². The summed E-state index contributed by atoms with van der Waals surface area (Å²) < 4.78 is 0. The molecule has 1 amide bonds. The summed E-state index contributed by atoms with van der Waals surface area (Å²) in [6.07, 6.45) is 2.67. The Morgan fingerprint density at radius 2 is 1.45 bits per heavy atom. The first-order valence-corrected chi connectivity index (χ1v) is 11.9. The number of hydrogen-bond donors (Lipinski definition) is 9. The number of carboxylic acid groups (broad SMARTS) is 4. The SMILES string of the molecule is CCC(C)C(N)C(=O)O.NC(=O)CC(N)C(=O)O.NC(Cc1ccccc1)C(=O)O.O=C(O)[C@@H]1CCCN1. The molecule has 216 valence electrons. The molecule has 0 aromatic heterocycles. The predicted molar refractivity (Wildman–Crippen MR) is 139 cm³/mol. The third kappa shape index (κ3) is 18.6. The van der Waals surface area contributed by atoms with E-state index in [1.54, 1.807) is 0 Å². The predicted octanol–water partition coefficient (Wildman–Crippen LogP) is -0.818. The van der Waals surface area contributed by atoms with Crippen molar-refractivity contribution in [1.29, 1.82) is 0 Å². The van der Waals surface area contributed by atoms with E-state index in [1.165, 1.54) is 0 Å². The molecule has 14 heteroatoms. The van der Waals surface area contributed by atoms with Crippen LogP contribution in [-0.4, -0.2) is 80.9 Å². The van der Waals surface area contributed by atoms with Gasteiger partial charge in [0.2, 0.25) is 5.91 Å². The lowest BCUT2D eigenvalue weighted by atomic mass is 10.0. The smallest absolute Gasteiger partial charge is 0.321 e. The van der Waals surface area contributed by atoms with Crippen LogP contribution in [0, 0.1) is 5.92 Å². The molecule has 0 aliphatic carbocycles. The van der Waals surface area contributed by atoms with Gasteiger partial charge in [0.25, 0.3) is 0 Å². The van der Waals surface area contributed by atoms with Gasteiger partial charge in [0, 0.05) is 0 Å². The van der Waals surface area contributed by atoms with Gasteiger partial charge in [0.1, 0.15) is 24.2 Å². The number of hydrogen-bond acceptors (Lipinski definition) is 9. The third-order valence-electron chi connectivity index (χ3n) is 5.25. The molecule has 1 aliphatic heterocycles. The van der Waals surface area contributed by atoms with Crippen LogP contribution >= 0.6 is 0 Å². The van der Waals surface area contributed by atoms with Crippen molar-refractivity contribution in [1.82, 2.24) is 5.32 Å². The van der Waals surface area contributed by atoms with Crippen LogP contribution < -0.4 is 28.3 Å². The number of carbonyl (C=O) groups is 5. The lowest BCUT2D eigenvalue weighted by molar-refractivity contribution is -0.140. The van der Waals surface area contributed by atoms with Crippen LogP contribution in [0.3, 0.4) is 0 Å². The largest absolute Gasteiger partial charge is 0.480 e. The minimum absolute atomic E-state index is 0.0718. The van der Waals surface area contributed by atoms with E-state index in [4.69, 9.17) is 37.6 Å². The Kier molecular flexibility index (Phi) is 19.7. The molecule has 2 rings (SSSR count). The molecular formula is C24H41N5O9. The van der Waals surface area contributed by atoms with Crippen molar-refractivity contribution in [3.63, 3.8) is 0 Å². The van der Waals surface area contributed by atoms with Gasteiger partial charge in [-0.05, 0) is 37.3 Å². The number of aliphatic carboxylic acids is 4. The van der Waals surface area contributed by atoms with Crippen LogP contribution in [-0.2, 0) is 30.4 Å². The Balaban J connectivity index is 0. The number of amides is 1. The highest BCUT2D eigenvalue weighted by atomic mass is 16.4. The lowest BCUT2D eigenvalue weighted by Gasteiger charge is -2.11. The number of carbonyl (C=O) groups excluding carboxylic acids is 1. The molecule has 38 heavy (non-hydrogen) atoms. The van der Waals surface area contributed by atoms with Gasteiger partial charge in [-0.2, -0.15) is 0 Å². The van der Waals surface area contributed by atoms with Gasteiger partial charge in [-0.3, -0.25) is 24.0 Å². The molecule has 13 N–H and O–H groups in total. The summed E-state index contributed by atoms with van der Waals surface area (Å²) in [5.74, 6) is -4.44. The van der Waals surface area contributed by atoms with Gasteiger partial charge in [0.15, 0.2) is 0 Å². The fraction of sp³-hybridized carbons (Fsp3) is 0.542. The second kappa shape index (κ2) is 20.5. The van der Waals surface area contributed by atoms with Crippen molar-refractivity contribution >= 4 is 29.8 Å². The molecule has 4 unspecified atom stereocenters. The quantitative estimate of drug-likeness (QED) is 0.174. The lowest BCUT2D eigenvalue weighted by Crippen LogP contribution is -2.36. The normalized spacial score (nSPS) is 16.8. The Morgan fingerprint density at radius 3 is 1.71 bits per heavy atom. The summed E-state index contributed by atoms with van der Waals surface area (Å²) >= 11 is 0. The van der Waals surface area contributed by atoms with E-state index in [9.17, 15) is 24.0 Å². The number of benzene rings is 1. The molecule has 0 bridgehead atoms. The van der Waals surface area contributed by atoms with Crippen LogP contribution in [0.1, 0.15) is 45.1 Å². The zero-order valence-electron chi connectivity index (χ0n) is 21.7. The van der Waals surface area contributed by atoms with Crippen LogP contribution in [0.15, 0.2) is 30.3 Å². The molecule has 1 saturated heterocycles. The van der Waals surface area contributed by atoms with Crippen LogP contribution in [0.4, 0.5) is 0 Å². The van der Waals surface area contributed by atoms with Crippen molar-refractivity contribution in [2.75, 3.05) is 6.54 Å². The van der Waals surface area contributed by atoms with Crippen LogP contribution in [0.5, 0.6) is 0 Å². The van der Waals surface area contributed by atoms with E-state index in [0.29, 0.717) is 6.42 Å². The summed E-state index contributed by atoms with van der Waals surface area (Å²) in [5, 5.41) is 36.2. The Hall–Kier alpha value is -3.59. The zero-order valence-corrected chi connectivity index (χ0v) is 21.7. The maximum absolute atomic E-state index is 10.4. The average Bonchev–Trinajstić information content (AvgIpc) is 3.40. The molecule has 0 radical (unpaired) electrons. The second-order valence-electron chi connectivity index (χ2n) is 8.49. The topological polar surface area (TPSA) is 282 Å². The zero-order chi connectivity index (χ0) is 29.8. The highest BCUT2D eigenvalue weighted by molar-refractivity contribution is 5.83. The summed E-state index contributed by atoms with van der Waals surface area (Å²) in [4.78, 5) is 50.6. The fourth-order valence-electron chi connectivity index (χ4n) is 2.65. The monoisotopic (exact) mass is 543 g/mol. The number of rotatable bonds is 10. The molecule has 5 atom stereocenters. The Labute approximate surface area is 221 Å². The van der Waals surface area contributed by atoms with E-state index in [2.05, 4.69) is 11.1 Å². The van der Waals surface area contributed by atoms with E-state index in [0.717, 1.165) is 31.4 Å². The minimum Gasteiger partial charge on any atom is -0.480 e. The first-order chi connectivity index (χ1) is 17.6. The van der Waals surface area contributed by atoms with Crippen molar-refractivity contribution < 1.29 is 44.4 Å². The maximum Gasteiger partial charge on any atom is 0.321 e. The van der Waals surface area contributed by atoms with E-state index >= 15 is 0 Å². The second-order valence-corrected chi connectivity index (χ2v) is 8.49. The van der Waals surface area contributed by atoms with E-state index in [-0.39, 0.29) is 18.4 Å². The first kappa shape index (κ1) is 36.6. The molecule has 1 aromatic rings. The van der Waals surface area contributed by atoms with Gasteiger partial charge in [-0.1, -0.05) is 50.6 Å².